The van der Waals surface area contributed by atoms with E-state index in [1.807, 2.05) is 13.1 Å². The van der Waals surface area contributed by atoms with E-state index in [0.717, 1.165) is 38.3 Å². The topological polar surface area (TPSA) is 32.7 Å². The minimum Gasteiger partial charge on any atom is -0.389 e. The van der Waals surface area contributed by atoms with Crippen LogP contribution in [0.25, 0.3) is 0 Å². The van der Waals surface area contributed by atoms with E-state index >= 15 is 0 Å². The molecule has 0 aromatic heterocycles. The second-order valence-corrected chi connectivity index (χ2v) is 5.77. The van der Waals surface area contributed by atoms with Crippen LogP contribution in [-0.2, 0) is 4.74 Å². The van der Waals surface area contributed by atoms with E-state index in [0.29, 0.717) is 17.0 Å². The molecule has 1 aromatic rings. The van der Waals surface area contributed by atoms with E-state index in [4.69, 9.17) is 4.74 Å². The van der Waals surface area contributed by atoms with Gasteiger partial charge in [-0.05, 0) is 50.3 Å². The molecule has 1 aromatic carbocycles. The lowest BCUT2D eigenvalue weighted by atomic mass is 9.98. The molecule has 0 spiro atoms. The fourth-order valence-electron chi connectivity index (χ4n) is 2.76. The predicted molar refractivity (Wildman–Crippen MR) is 78.6 cm³/mol. The van der Waals surface area contributed by atoms with Gasteiger partial charge in [-0.2, -0.15) is 0 Å². The van der Waals surface area contributed by atoms with Gasteiger partial charge in [0.1, 0.15) is 5.82 Å². The van der Waals surface area contributed by atoms with Crippen molar-refractivity contribution in [1.82, 2.24) is 0 Å². The molecule has 1 aliphatic heterocycles. The third kappa shape index (κ3) is 3.49. The molecule has 0 saturated carbocycles. The summed E-state index contributed by atoms with van der Waals surface area (Å²) >= 11 is 0. The number of hydrogen-bond donors (Lipinski definition) is 1. The van der Waals surface area contributed by atoms with Gasteiger partial charge in [0.15, 0.2) is 0 Å². The number of rotatable bonds is 4. The molecular formula is C16H24FNO2. The third-order valence-corrected chi connectivity index (χ3v) is 4.04. The van der Waals surface area contributed by atoms with Crippen LogP contribution in [0.4, 0.5) is 10.1 Å². The van der Waals surface area contributed by atoms with Crippen molar-refractivity contribution < 1.29 is 14.2 Å². The minimum atomic E-state index is -0.669. The fourth-order valence-corrected chi connectivity index (χ4v) is 2.76. The molecule has 0 aliphatic carbocycles. The average molecular weight is 281 g/mol. The van der Waals surface area contributed by atoms with E-state index in [1.165, 1.54) is 6.07 Å². The van der Waals surface area contributed by atoms with E-state index in [1.54, 1.807) is 13.8 Å². The highest BCUT2D eigenvalue weighted by molar-refractivity contribution is 5.56. The molecule has 0 amide bonds. The molecule has 1 saturated heterocycles. The first kappa shape index (κ1) is 15.3. The van der Waals surface area contributed by atoms with Crippen LogP contribution in [0.15, 0.2) is 12.1 Å². The fraction of sp³-hybridized carbons (Fsp3) is 0.625. The number of hydrogen-bond acceptors (Lipinski definition) is 3. The smallest absolute Gasteiger partial charge is 0.126 e. The maximum atomic E-state index is 13.7. The highest BCUT2D eigenvalue weighted by atomic mass is 19.1. The molecule has 0 unspecified atom stereocenters. The van der Waals surface area contributed by atoms with Gasteiger partial charge in [0.2, 0.25) is 0 Å². The number of benzene rings is 1. The van der Waals surface area contributed by atoms with Gasteiger partial charge in [-0.3, -0.25) is 0 Å². The molecule has 2 rings (SSSR count). The molecule has 3 nitrogen and oxygen atoms in total. The Balaban J connectivity index is 2.19. The normalized spacial score (nSPS) is 18.1. The van der Waals surface area contributed by atoms with Crippen LogP contribution in [0, 0.1) is 18.7 Å². The average Bonchev–Trinajstić information content (AvgIpc) is 2.42. The Morgan fingerprint density at radius 2 is 2.05 bits per heavy atom. The monoisotopic (exact) mass is 281 g/mol. The van der Waals surface area contributed by atoms with Crippen molar-refractivity contribution in [1.29, 1.82) is 0 Å². The summed E-state index contributed by atoms with van der Waals surface area (Å²) < 4.78 is 19.1. The van der Waals surface area contributed by atoms with Crippen molar-refractivity contribution in [2.75, 3.05) is 31.7 Å². The third-order valence-electron chi connectivity index (χ3n) is 4.04. The Morgan fingerprint density at radius 1 is 1.40 bits per heavy atom. The van der Waals surface area contributed by atoms with Crippen molar-refractivity contribution in [2.24, 2.45) is 5.92 Å². The second kappa shape index (κ2) is 6.55. The number of halogens is 1. The standard InChI is InChI=1S/C16H24FNO2/c1-11-8-16(14(12(2)19)9-15(11)17)18(3)10-13-4-6-20-7-5-13/h8-9,12-13,19H,4-7,10H2,1-3H3/t12-/m0/s1. The predicted octanol–water partition coefficient (Wildman–Crippen LogP) is 3.05. The van der Waals surface area contributed by atoms with E-state index in [9.17, 15) is 9.50 Å². The summed E-state index contributed by atoms with van der Waals surface area (Å²) in [4.78, 5) is 2.13. The molecule has 1 heterocycles. The molecule has 0 radical (unpaired) electrons. The van der Waals surface area contributed by atoms with Crippen molar-refractivity contribution >= 4 is 5.69 Å². The molecule has 1 fully saturated rings. The van der Waals surface area contributed by atoms with Crippen molar-refractivity contribution in [2.45, 2.75) is 32.8 Å². The lowest BCUT2D eigenvalue weighted by Gasteiger charge is -2.30. The number of aryl methyl sites for hydroxylation is 1. The van der Waals surface area contributed by atoms with E-state index < -0.39 is 6.10 Å². The number of aliphatic hydroxyl groups excluding tert-OH is 1. The molecule has 1 N–H and O–H groups in total. The maximum absolute atomic E-state index is 13.7. The first-order valence-electron chi connectivity index (χ1n) is 7.26. The molecule has 1 aliphatic rings. The largest absolute Gasteiger partial charge is 0.389 e. The summed E-state index contributed by atoms with van der Waals surface area (Å²) in [5.41, 5.74) is 2.19. The lowest BCUT2D eigenvalue weighted by Crippen LogP contribution is -2.30. The lowest BCUT2D eigenvalue weighted by molar-refractivity contribution is 0.0685. The Bertz CT molecular complexity index is 456. The number of aliphatic hydroxyl groups is 1. The van der Waals surface area contributed by atoms with Crippen LogP contribution in [0.1, 0.15) is 37.0 Å². The SMILES string of the molecule is Cc1cc(N(C)CC2CCOCC2)c([C@H](C)O)cc1F. The summed E-state index contributed by atoms with van der Waals surface area (Å²) in [5.74, 6) is 0.338. The second-order valence-electron chi connectivity index (χ2n) is 5.77. The number of nitrogens with zero attached hydrogens (tertiary/aromatic N) is 1. The van der Waals surface area contributed by atoms with E-state index in [-0.39, 0.29) is 5.82 Å². The Morgan fingerprint density at radius 3 is 2.65 bits per heavy atom. The zero-order chi connectivity index (χ0) is 14.7. The molecular weight excluding hydrogens is 257 g/mol. The van der Waals surface area contributed by atoms with Crippen molar-refractivity contribution in [3.8, 4) is 0 Å². The summed E-state index contributed by atoms with van der Waals surface area (Å²) in [6, 6.07) is 3.28. The first-order chi connectivity index (χ1) is 9.49. The Kier molecular flexibility index (Phi) is 5.00. The van der Waals surface area contributed by atoms with Crippen LogP contribution in [0.5, 0.6) is 0 Å². The van der Waals surface area contributed by atoms with Crippen molar-refractivity contribution in [3.63, 3.8) is 0 Å². The summed E-state index contributed by atoms with van der Waals surface area (Å²) in [6.45, 7) is 5.99. The highest BCUT2D eigenvalue weighted by Gasteiger charge is 2.19. The van der Waals surface area contributed by atoms with Crippen LogP contribution in [0.3, 0.4) is 0 Å². The highest BCUT2D eigenvalue weighted by Crippen LogP contribution is 2.30. The molecule has 20 heavy (non-hydrogen) atoms. The molecule has 0 bridgehead atoms. The van der Waals surface area contributed by atoms with Crippen LogP contribution in [-0.4, -0.2) is 31.9 Å². The van der Waals surface area contributed by atoms with Gasteiger partial charge in [-0.15, -0.1) is 0 Å². The van der Waals surface area contributed by atoms with Crippen molar-refractivity contribution in [3.05, 3.63) is 29.1 Å². The van der Waals surface area contributed by atoms with Gasteiger partial charge in [-0.1, -0.05) is 0 Å². The molecule has 112 valence electrons. The van der Waals surface area contributed by atoms with E-state index in [2.05, 4.69) is 4.90 Å². The molecule has 4 heteroatoms. The van der Waals surface area contributed by atoms with Gasteiger partial charge in [0.05, 0.1) is 6.10 Å². The summed E-state index contributed by atoms with van der Waals surface area (Å²) in [7, 11) is 2.01. The van der Waals surface area contributed by atoms with Gasteiger partial charge >= 0.3 is 0 Å². The zero-order valence-electron chi connectivity index (χ0n) is 12.5. The number of anilines is 1. The zero-order valence-corrected chi connectivity index (χ0v) is 12.5. The molecule has 1 atom stereocenters. The van der Waals surface area contributed by atoms with Crippen LogP contribution >= 0.6 is 0 Å². The van der Waals surface area contributed by atoms with Gasteiger partial charge in [0.25, 0.3) is 0 Å². The Labute approximate surface area is 120 Å². The van der Waals surface area contributed by atoms with Gasteiger partial charge in [-0.25, -0.2) is 4.39 Å². The quantitative estimate of drug-likeness (QED) is 0.920. The number of ether oxygens (including phenoxy) is 1. The maximum Gasteiger partial charge on any atom is 0.126 e. The van der Waals surface area contributed by atoms with Crippen LogP contribution in [0.2, 0.25) is 0 Å². The van der Waals surface area contributed by atoms with Crippen LogP contribution < -0.4 is 4.90 Å². The Hall–Kier alpha value is -1.13. The first-order valence-corrected chi connectivity index (χ1v) is 7.26. The van der Waals surface area contributed by atoms with Gasteiger partial charge < -0.3 is 14.7 Å². The van der Waals surface area contributed by atoms with Gasteiger partial charge in [0, 0.05) is 38.1 Å². The summed E-state index contributed by atoms with van der Waals surface area (Å²) in [6.07, 6.45) is 1.46. The minimum absolute atomic E-state index is 0.260. The summed E-state index contributed by atoms with van der Waals surface area (Å²) in [5, 5.41) is 9.86.